The summed E-state index contributed by atoms with van der Waals surface area (Å²) in [6.07, 6.45) is 3.14. The Morgan fingerprint density at radius 3 is 2.34 bits per heavy atom. The van der Waals surface area contributed by atoms with Crippen LogP contribution in [0.25, 0.3) is 0 Å². The number of benzene rings is 1. The molecule has 2 aromatic rings. The topological polar surface area (TPSA) is 78.5 Å². The number of aromatic nitrogens is 1. The molecule has 0 radical (unpaired) electrons. The minimum absolute atomic E-state index is 0. The Bertz CT molecular complexity index is 924. The highest BCUT2D eigenvalue weighted by Crippen LogP contribution is 2.34. The van der Waals surface area contributed by atoms with Gasteiger partial charge in [-0.1, -0.05) is 13.0 Å². The van der Waals surface area contributed by atoms with E-state index < -0.39 is 0 Å². The smallest absolute Gasteiger partial charge is 0.188 e. The van der Waals surface area contributed by atoms with Crippen LogP contribution in [0.5, 0.6) is 5.75 Å². The van der Waals surface area contributed by atoms with Crippen molar-refractivity contribution in [2.24, 2.45) is 11.1 Å². The molecule has 4 rings (SSSR count). The van der Waals surface area contributed by atoms with Crippen LogP contribution in [0.4, 0.5) is 5.69 Å². The van der Waals surface area contributed by atoms with E-state index >= 15 is 0 Å². The monoisotopic (exact) mass is 479 g/mol. The third kappa shape index (κ3) is 5.99. The Labute approximate surface area is 203 Å². The first-order valence-corrected chi connectivity index (χ1v) is 10.9. The van der Waals surface area contributed by atoms with Crippen LogP contribution in [-0.2, 0) is 13.0 Å². The number of anilines is 1. The number of nitrogens with one attached hydrogen (secondary N) is 1. The molecule has 1 fully saturated rings. The molecule has 3 heterocycles. The van der Waals surface area contributed by atoms with E-state index in [0.29, 0.717) is 6.54 Å². The van der Waals surface area contributed by atoms with Crippen molar-refractivity contribution in [1.82, 2.24) is 9.88 Å². The second kappa shape index (κ2) is 10.6. The van der Waals surface area contributed by atoms with Gasteiger partial charge in [-0.2, -0.15) is 0 Å². The fraction of sp³-hybridized carbons (Fsp3) is 0.500. The Morgan fingerprint density at radius 1 is 1.06 bits per heavy atom. The van der Waals surface area contributed by atoms with Crippen LogP contribution in [0.3, 0.4) is 0 Å². The van der Waals surface area contributed by atoms with Crippen LogP contribution in [0.1, 0.15) is 42.3 Å². The van der Waals surface area contributed by atoms with E-state index in [1.165, 1.54) is 16.8 Å². The number of nitrogens with two attached hydrogens (primary N) is 1. The van der Waals surface area contributed by atoms with Gasteiger partial charge in [-0.3, -0.25) is 10.4 Å². The highest BCUT2D eigenvalue weighted by molar-refractivity contribution is 5.85. The molecule has 0 atom stereocenters. The van der Waals surface area contributed by atoms with Crippen LogP contribution in [0.15, 0.2) is 30.3 Å². The fourth-order valence-electron chi connectivity index (χ4n) is 4.53. The van der Waals surface area contributed by atoms with Crippen molar-refractivity contribution in [3.63, 3.8) is 0 Å². The minimum atomic E-state index is 0. The molecule has 0 saturated carbocycles. The van der Waals surface area contributed by atoms with Gasteiger partial charge in [0.2, 0.25) is 0 Å². The van der Waals surface area contributed by atoms with Gasteiger partial charge in [0.15, 0.2) is 5.96 Å². The highest BCUT2D eigenvalue weighted by atomic mass is 35.5. The lowest BCUT2D eigenvalue weighted by Crippen LogP contribution is -2.41. The number of hydrogen-bond acceptors (Lipinski definition) is 4. The predicted molar refractivity (Wildman–Crippen MR) is 136 cm³/mol. The van der Waals surface area contributed by atoms with Gasteiger partial charge < -0.3 is 20.3 Å². The van der Waals surface area contributed by atoms with Crippen LogP contribution in [0.2, 0.25) is 0 Å². The maximum Gasteiger partial charge on any atom is 0.188 e. The van der Waals surface area contributed by atoms with Gasteiger partial charge in [0.05, 0.1) is 6.61 Å². The number of nitrogens with zero attached hydrogens (tertiary/aromatic N) is 3. The summed E-state index contributed by atoms with van der Waals surface area (Å²) in [6, 6.07) is 10.8. The normalized spacial score (nSPS) is 17.0. The summed E-state index contributed by atoms with van der Waals surface area (Å²) in [5.41, 5.74) is 11.9. The molecule has 2 aliphatic heterocycles. The quantitative estimate of drug-likeness (QED) is 0.499. The number of guanidine groups is 1. The summed E-state index contributed by atoms with van der Waals surface area (Å²) < 4.78 is 6.26. The second-order valence-corrected chi connectivity index (χ2v) is 9.18. The number of halogens is 2. The molecule has 8 heteroatoms. The zero-order chi connectivity index (χ0) is 21.3. The van der Waals surface area contributed by atoms with Crippen molar-refractivity contribution in [2.75, 3.05) is 31.1 Å². The van der Waals surface area contributed by atoms with Crippen LogP contribution >= 0.6 is 24.8 Å². The van der Waals surface area contributed by atoms with Crippen molar-refractivity contribution >= 4 is 36.5 Å². The zero-order valence-electron chi connectivity index (χ0n) is 19.2. The summed E-state index contributed by atoms with van der Waals surface area (Å²) in [7, 11) is 0. The van der Waals surface area contributed by atoms with E-state index in [2.05, 4.69) is 61.0 Å². The maximum absolute atomic E-state index is 7.69. The lowest BCUT2D eigenvalue weighted by molar-refractivity contribution is 0.131. The third-order valence-corrected chi connectivity index (χ3v) is 6.52. The summed E-state index contributed by atoms with van der Waals surface area (Å²) >= 11 is 0. The first-order chi connectivity index (χ1) is 14.3. The average molecular weight is 480 g/mol. The van der Waals surface area contributed by atoms with E-state index in [1.54, 1.807) is 0 Å². The molecule has 2 aliphatic rings. The summed E-state index contributed by atoms with van der Waals surface area (Å²) in [5.74, 6) is 1.06. The number of pyridine rings is 1. The number of ether oxygens (including phenoxy) is 1. The summed E-state index contributed by atoms with van der Waals surface area (Å²) in [4.78, 5) is 8.88. The Kier molecular flexibility index (Phi) is 8.66. The summed E-state index contributed by atoms with van der Waals surface area (Å²) in [5, 5.41) is 7.69. The molecule has 0 amide bonds. The largest absolute Gasteiger partial charge is 0.493 e. The molecule has 1 aromatic heterocycles. The third-order valence-electron chi connectivity index (χ3n) is 6.52. The van der Waals surface area contributed by atoms with Crippen molar-refractivity contribution < 1.29 is 4.74 Å². The number of aryl methyl sites for hydroxylation is 2. The van der Waals surface area contributed by atoms with Crippen molar-refractivity contribution in [3.8, 4) is 5.75 Å². The van der Waals surface area contributed by atoms with Gasteiger partial charge in [-0.25, -0.2) is 0 Å². The second-order valence-electron chi connectivity index (χ2n) is 9.18. The lowest BCUT2D eigenvalue weighted by atomic mass is 9.81. The number of fused-ring (bicyclic) bond motifs is 1. The van der Waals surface area contributed by atoms with E-state index in [0.717, 1.165) is 62.6 Å². The molecule has 176 valence electrons. The molecule has 1 saturated heterocycles. The fourth-order valence-corrected chi connectivity index (χ4v) is 4.53. The first-order valence-electron chi connectivity index (χ1n) is 10.9. The maximum atomic E-state index is 7.69. The molecule has 0 unspecified atom stereocenters. The zero-order valence-corrected chi connectivity index (χ0v) is 20.8. The molecule has 1 aromatic carbocycles. The van der Waals surface area contributed by atoms with Gasteiger partial charge in [0, 0.05) is 48.7 Å². The SMILES string of the molecule is Cc1cc(N2CCC(C)(COc3ccc4c(c3)CN(C(=N)N)CC4)CC2)cc(C)n1.Cl.Cl. The van der Waals surface area contributed by atoms with Crippen molar-refractivity contribution in [2.45, 2.75) is 46.6 Å². The van der Waals surface area contributed by atoms with E-state index in [1.807, 2.05) is 4.90 Å². The van der Waals surface area contributed by atoms with Gasteiger partial charge in [0.1, 0.15) is 5.75 Å². The van der Waals surface area contributed by atoms with Gasteiger partial charge >= 0.3 is 0 Å². The number of rotatable bonds is 4. The lowest BCUT2D eigenvalue weighted by Gasteiger charge is -2.40. The minimum Gasteiger partial charge on any atom is -0.493 e. The van der Waals surface area contributed by atoms with Crippen LogP contribution < -0.4 is 15.4 Å². The molecule has 32 heavy (non-hydrogen) atoms. The summed E-state index contributed by atoms with van der Waals surface area (Å²) in [6.45, 7) is 10.8. The predicted octanol–water partition coefficient (Wildman–Crippen LogP) is 4.48. The first kappa shape index (κ1) is 26.1. The van der Waals surface area contributed by atoms with Crippen LogP contribution in [0, 0.1) is 24.7 Å². The van der Waals surface area contributed by atoms with Gasteiger partial charge in [-0.15, -0.1) is 24.8 Å². The molecule has 0 bridgehead atoms. The van der Waals surface area contributed by atoms with Crippen molar-refractivity contribution in [1.29, 1.82) is 5.41 Å². The van der Waals surface area contributed by atoms with E-state index in [9.17, 15) is 0 Å². The Balaban J connectivity index is 0.00000181. The molecular formula is C24H35Cl2N5O. The molecule has 0 aliphatic carbocycles. The van der Waals surface area contributed by atoms with E-state index in [4.69, 9.17) is 15.9 Å². The average Bonchev–Trinajstić information content (AvgIpc) is 2.71. The molecule has 0 spiro atoms. The Morgan fingerprint density at radius 2 is 1.72 bits per heavy atom. The molecular weight excluding hydrogens is 445 g/mol. The van der Waals surface area contributed by atoms with Crippen LogP contribution in [-0.4, -0.2) is 42.1 Å². The number of hydrogen-bond donors (Lipinski definition) is 2. The van der Waals surface area contributed by atoms with Gasteiger partial charge in [0.25, 0.3) is 0 Å². The standard InChI is InChI=1S/C24H33N5O.2ClH/c1-17-12-21(13-18(2)27-17)28-10-7-24(3,8-11-28)16-30-22-5-4-19-6-9-29(23(25)26)15-20(19)14-22;;/h4-5,12-14H,6-11,15-16H2,1-3H3,(H3,25,26);2*1H. The molecule has 6 nitrogen and oxygen atoms in total. The number of piperidine rings is 1. The molecule has 3 N–H and O–H groups in total. The van der Waals surface area contributed by atoms with E-state index in [-0.39, 0.29) is 36.2 Å². The highest BCUT2D eigenvalue weighted by Gasteiger charge is 2.31. The Hall–Kier alpha value is -2.18. The van der Waals surface area contributed by atoms with Gasteiger partial charge in [-0.05, 0) is 68.5 Å². The van der Waals surface area contributed by atoms with Crippen molar-refractivity contribution in [3.05, 3.63) is 52.8 Å².